The lowest BCUT2D eigenvalue weighted by Crippen LogP contribution is -2.81. The maximum atomic E-state index is 14.8. The molecule has 1 heterocycles. The normalized spacial score (nSPS) is 36.5. The summed E-state index contributed by atoms with van der Waals surface area (Å²) in [5, 5.41) is 48.2. The summed E-state index contributed by atoms with van der Waals surface area (Å²) < 4.78 is 24.0. The molecule has 2 aromatic carbocycles. The van der Waals surface area contributed by atoms with Crippen molar-refractivity contribution in [3.8, 4) is 0 Å². The lowest BCUT2D eigenvalue weighted by molar-refractivity contribution is -0.346. The van der Waals surface area contributed by atoms with Crippen molar-refractivity contribution in [3.05, 3.63) is 82.9 Å². The zero-order valence-electron chi connectivity index (χ0n) is 29.6. The smallest absolute Gasteiger partial charge is 0.338 e. The number of hydrogen-bond acceptors (Lipinski definition) is 12. The summed E-state index contributed by atoms with van der Waals surface area (Å²) >= 11 is 0. The number of benzene rings is 2. The molecule has 4 unspecified atom stereocenters. The van der Waals surface area contributed by atoms with Gasteiger partial charge in [-0.3, -0.25) is 9.59 Å². The van der Waals surface area contributed by atoms with Crippen LogP contribution in [0.25, 0.3) is 0 Å². The summed E-state index contributed by atoms with van der Waals surface area (Å²) in [7, 11) is 0. The molecule has 3 aliphatic carbocycles. The topological polar surface area (TPSA) is 186 Å². The van der Waals surface area contributed by atoms with Crippen LogP contribution in [0.5, 0.6) is 0 Å². The molecule has 6 rings (SSSR count). The highest BCUT2D eigenvalue weighted by Crippen LogP contribution is 2.64. The van der Waals surface area contributed by atoms with Crippen molar-refractivity contribution in [3.63, 3.8) is 0 Å². The average Bonchev–Trinajstić information content (AvgIpc) is 3.09. The van der Waals surface area contributed by atoms with E-state index in [0.29, 0.717) is 5.56 Å². The van der Waals surface area contributed by atoms with Crippen molar-refractivity contribution >= 4 is 23.7 Å². The second-order valence-corrected chi connectivity index (χ2v) is 15.2. The Hall–Kier alpha value is -3.94. The molecule has 2 bridgehead atoms. The number of carbonyl (C=O) groups excluding carboxylic acids is 4. The Kier molecular flexibility index (Phi) is 9.34. The Bertz CT molecular complexity index is 1740. The summed E-state index contributed by atoms with van der Waals surface area (Å²) in [6.07, 6.45) is -9.53. The number of ketones is 1. The van der Waals surface area contributed by atoms with Crippen LogP contribution in [0.2, 0.25) is 0 Å². The number of ether oxygens (including phenoxy) is 4. The third kappa shape index (κ3) is 5.54. The minimum atomic E-state index is -2.24. The highest BCUT2D eigenvalue weighted by atomic mass is 16.6. The van der Waals surface area contributed by atoms with Crippen LogP contribution in [0.1, 0.15) is 76.2 Å². The molecule has 0 amide bonds. The number of aliphatic hydroxyl groups is 4. The van der Waals surface area contributed by atoms with Crippen LogP contribution in [0.15, 0.2) is 71.8 Å². The van der Waals surface area contributed by atoms with Crippen LogP contribution >= 0.6 is 0 Å². The van der Waals surface area contributed by atoms with E-state index in [1.165, 1.54) is 26.0 Å². The third-order valence-corrected chi connectivity index (χ3v) is 12.2. The quantitative estimate of drug-likeness (QED) is 0.188. The van der Waals surface area contributed by atoms with Crippen LogP contribution in [0.3, 0.4) is 0 Å². The zero-order chi connectivity index (χ0) is 37.3. The van der Waals surface area contributed by atoms with E-state index >= 15 is 0 Å². The molecule has 12 nitrogen and oxygen atoms in total. The number of aliphatic hydroxyl groups excluding tert-OH is 3. The first-order valence-corrected chi connectivity index (χ1v) is 17.3. The molecule has 11 atom stereocenters. The lowest BCUT2D eigenvalue weighted by Gasteiger charge is -2.67. The lowest BCUT2D eigenvalue weighted by atomic mass is 9.44. The molecule has 1 aliphatic heterocycles. The van der Waals surface area contributed by atoms with E-state index in [1.807, 2.05) is 0 Å². The predicted molar refractivity (Wildman–Crippen MR) is 180 cm³/mol. The van der Waals surface area contributed by atoms with E-state index in [0.717, 1.165) is 0 Å². The van der Waals surface area contributed by atoms with Crippen molar-refractivity contribution in [2.24, 2.45) is 16.7 Å². The standard InChI is InChI=1S/C39H46O12/c1-20(23-13-9-7-10-14-23)29(42)35(46)49-25-18-39(47)33(50-34(45)24-15-11-8-12-16-24)31-37(6,32(44)30(43)28(21(25)2)36(39,4)5)26(41)17-27-38(31,19-48-27)51-22(3)40/h7-16,20,25-27,29-31,33,41-43,47H,17-19H2,1-6H3/t20?,25?,26-,27?,29?,30-,31+,33+,37-,38-,39-/m0/s1. The van der Waals surface area contributed by atoms with Crippen molar-refractivity contribution in [2.45, 2.75) is 108 Å². The fraction of sp³-hybridized carbons (Fsp3) is 0.538. The van der Waals surface area contributed by atoms with Crippen LogP contribution in [0, 0.1) is 16.7 Å². The molecule has 4 aliphatic rings. The molecule has 0 radical (unpaired) electrons. The van der Waals surface area contributed by atoms with Gasteiger partial charge in [-0.15, -0.1) is 0 Å². The summed E-state index contributed by atoms with van der Waals surface area (Å²) in [6.45, 7) is 8.76. The highest BCUT2D eigenvalue weighted by molar-refractivity contribution is 5.94. The number of esters is 3. The van der Waals surface area contributed by atoms with Crippen molar-refractivity contribution in [1.29, 1.82) is 0 Å². The Labute approximate surface area is 296 Å². The summed E-state index contributed by atoms with van der Waals surface area (Å²) in [5.41, 5.74) is -6.32. The van der Waals surface area contributed by atoms with E-state index in [4.69, 9.17) is 18.9 Å². The van der Waals surface area contributed by atoms with Gasteiger partial charge >= 0.3 is 17.9 Å². The summed E-state index contributed by atoms with van der Waals surface area (Å²) in [6, 6.07) is 16.9. The first kappa shape index (κ1) is 36.8. The predicted octanol–water partition coefficient (Wildman–Crippen LogP) is 2.80. The zero-order valence-corrected chi connectivity index (χ0v) is 29.6. The molecule has 1 saturated heterocycles. The van der Waals surface area contributed by atoms with Gasteiger partial charge < -0.3 is 39.4 Å². The van der Waals surface area contributed by atoms with Gasteiger partial charge in [-0.2, -0.15) is 0 Å². The maximum absolute atomic E-state index is 14.8. The highest BCUT2D eigenvalue weighted by Gasteiger charge is 2.78. The number of carbonyl (C=O) groups is 4. The van der Waals surface area contributed by atoms with Gasteiger partial charge in [-0.25, -0.2) is 9.59 Å². The molecule has 4 N–H and O–H groups in total. The van der Waals surface area contributed by atoms with Crippen molar-refractivity contribution < 1.29 is 58.6 Å². The van der Waals surface area contributed by atoms with E-state index in [9.17, 15) is 39.6 Å². The summed E-state index contributed by atoms with van der Waals surface area (Å²) in [5.74, 6) is -5.58. The maximum Gasteiger partial charge on any atom is 0.338 e. The summed E-state index contributed by atoms with van der Waals surface area (Å²) in [4.78, 5) is 55.1. The van der Waals surface area contributed by atoms with Crippen LogP contribution in [-0.2, 0) is 33.3 Å². The molecule has 3 fully saturated rings. The Balaban J connectivity index is 1.53. The molecule has 0 aromatic heterocycles. The van der Waals surface area contributed by atoms with Crippen molar-refractivity contribution in [2.75, 3.05) is 6.61 Å². The van der Waals surface area contributed by atoms with Gasteiger partial charge in [0.25, 0.3) is 0 Å². The fourth-order valence-electron chi connectivity index (χ4n) is 9.13. The van der Waals surface area contributed by atoms with Gasteiger partial charge in [0, 0.05) is 31.1 Å². The molecular weight excluding hydrogens is 660 g/mol. The first-order valence-electron chi connectivity index (χ1n) is 17.3. The minimum Gasteiger partial charge on any atom is -0.456 e. The van der Waals surface area contributed by atoms with Gasteiger partial charge in [0.05, 0.1) is 29.6 Å². The second-order valence-electron chi connectivity index (χ2n) is 15.2. The Morgan fingerprint density at radius 3 is 2.14 bits per heavy atom. The monoisotopic (exact) mass is 706 g/mol. The van der Waals surface area contributed by atoms with Crippen LogP contribution < -0.4 is 0 Å². The molecular formula is C39H46O12. The molecule has 51 heavy (non-hydrogen) atoms. The minimum absolute atomic E-state index is 0.0193. The Morgan fingerprint density at radius 2 is 1.57 bits per heavy atom. The molecule has 12 heteroatoms. The van der Waals surface area contributed by atoms with E-state index < -0.39 is 101 Å². The van der Waals surface area contributed by atoms with Crippen molar-refractivity contribution in [1.82, 2.24) is 0 Å². The fourth-order valence-corrected chi connectivity index (χ4v) is 9.13. The Morgan fingerprint density at radius 1 is 0.961 bits per heavy atom. The SMILES string of the molecule is CC(=O)O[C@@]12COC1C[C@H](O)[C@]1(C)C(=O)[C@@H](O)C3=C(C)C(OC(=O)C(O)C(C)c4ccccc4)C[C@](O)([C@H](OC(=O)c4ccccc4)[C@H]12)C3(C)C. The number of hydrogen-bond donors (Lipinski definition) is 4. The van der Waals surface area contributed by atoms with Gasteiger partial charge in [-0.05, 0) is 42.7 Å². The van der Waals surface area contributed by atoms with E-state index in [1.54, 1.807) is 76.2 Å². The number of Topliss-reactive ketones (excluding diaryl/α,β-unsaturated/α-hetero) is 1. The van der Waals surface area contributed by atoms with Crippen LogP contribution in [-0.4, -0.2) is 98.6 Å². The molecule has 274 valence electrons. The number of fused-ring (bicyclic) bond motifs is 5. The van der Waals surface area contributed by atoms with Gasteiger partial charge in [0.15, 0.2) is 17.5 Å². The first-order chi connectivity index (χ1) is 23.9. The molecule has 2 saturated carbocycles. The number of rotatable bonds is 7. The van der Waals surface area contributed by atoms with Crippen LogP contribution in [0.4, 0.5) is 0 Å². The van der Waals surface area contributed by atoms with E-state index in [-0.39, 0.29) is 29.7 Å². The molecule has 0 spiro atoms. The molecule has 2 aromatic rings. The van der Waals surface area contributed by atoms with Gasteiger partial charge in [0.2, 0.25) is 0 Å². The van der Waals surface area contributed by atoms with E-state index in [2.05, 4.69) is 0 Å². The third-order valence-electron chi connectivity index (χ3n) is 12.2. The largest absolute Gasteiger partial charge is 0.456 e. The average molecular weight is 707 g/mol. The van der Waals surface area contributed by atoms with Gasteiger partial charge in [-0.1, -0.05) is 69.3 Å². The second kappa shape index (κ2) is 12.9. The van der Waals surface area contributed by atoms with Gasteiger partial charge in [0.1, 0.15) is 30.0 Å².